The second kappa shape index (κ2) is 8.59. The summed E-state index contributed by atoms with van der Waals surface area (Å²) in [4.78, 5) is 11.9. The minimum atomic E-state index is -4.38. The summed E-state index contributed by atoms with van der Waals surface area (Å²) in [7, 11) is 0. The van der Waals surface area contributed by atoms with Gasteiger partial charge in [0, 0.05) is 29.2 Å². The summed E-state index contributed by atoms with van der Waals surface area (Å²) >= 11 is 6.07. The highest BCUT2D eigenvalue weighted by Gasteiger charge is 2.29. The van der Waals surface area contributed by atoms with Crippen LogP contribution in [-0.2, 0) is 19.3 Å². The molecule has 4 aromatic rings. The van der Waals surface area contributed by atoms with E-state index in [2.05, 4.69) is 5.32 Å². The van der Waals surface area contributed by atoms with Crippen LogP contribution in [-0.4, -0.2) is 15.6 Å². The van der Waals surface area contributed by atoms with Crippen LogP contribution in [0.5, 0.6) is 0 Å². The summed E-state index contributed by atoms with van der Waals surface area (Å²) in [5.74, 6) is -1.06. The fraction of sp³-hybridized carbons (Fsp3) is 0.125. The maximum Gasteiger partial charge on any atom is 0.416 e. The lowest BCUT2D eigenvalue weighted by Crippen LogP contribution is -2.09. The molecule has 8 heteroatoms. The van der Waals surface area contributed by atoms with Crippen LogP contribution in [0.15, 0.2) is 72.8 Å². The summed E-state index contributed by atoms with van der Waals surface area (Å²) in [6.45, 7) is 0.618. The molecule has 4 nitrogen and oxygen atoms in total. The number of carbonyl (C=O) groups is 1. The van der Waals surface area contributed by atoms with E-state index in [0.717, 1.165) is 23.2 Å². The number of carboxylic acids is 1. The Balaban J connectivity index is 1.64. The summed E-state index contributed by atoms with van der Waals surface area (Å²) in [5, 5.41) is 14.2. The number of rotatable bonds is 6. The lowest BCUT2D eigenvalue weighted by Gasteiger charge is -2.12. The first kappa shape index (κ1) is 21.8. The van der Waals surface area contributed by atoms with Gasteiger partial charge in [-0.15, -0.1) is 0 Å². The number of nitrogens with one attached hydrogen (secondary N) is 1. The smallest absolute Gasteiger partial charge is 0.416 e. The molecule has 1 heterocycles. The van der Waals surface area contributed by atoms with Crippen LogP contribution in [0.25, 0.3) is 10.9 Å². The van der Waals surface area contributed by atoms with Gasteiger partial charge in [0.25, 0.3) is 0 Å². The van der Waals surface area contributed by atoms with Gasteiger partial charge >= 0.3 is 12.1 Å². The minimum absolute atomic E-state index is 0.128. The van der Waals surface area contributed by atoms with Gasteiger partial charge in [0.15, 0.2) is 0 Å². The third-order valence-corrected chi connectivity index (χ3v) is 5.39. The quantitative estimate of drug-likeness (QED) is 0.339. The zero-order valence-electron chi connectivity index (χ0n) is 16.7. The molecule has 0 bridgehead atoms. The lowest BCUT2D eigenvalue weighted by molar-refractivity contribution is -0.137. The number of halogens is 4. The average Bonchev–Trinajstić information content (AvgIpc) is 3.11. The molecule has 1 aromatic heterocycles. The Labute approximate surface area is 186 Å². The van der Waals surface area contributed by atoms with Crippen molar-refractivity contribution in [1.82, 2.24) is 4.57 Å². The molecular formula is C24H18ClF3N2O2. The van der Waals surface area contributed by atoms with Gasteiger partial charge in [0.2, 0.25) is 0 Å². The molecule has 0 spiro atoms. The molecule has 0 fully saturated rings. The first-order valence-electron chi connectivity index (χ1n) is 9.72. The molecular weight excluding hydrogens is 441 g/mol. The third kappa shape index (κ3) is 4.57. The predicted octanol–water partition coefficient (Wildman–Crippen LogP) is 6.67. The highest BCUT2D eigenvalue weighted by atomic mass is 35.5. The van der Waals surface area contributed by atoms with E-state index in [1.54, 1.807) is 34.9 Å². The number of nitrogens with zero attached hydrogens (tertiary/aromatic N) is 1. The van der Waals surface area contributed by atoms with Crippen molar-refractivity contribution >= 4 is 34.2 Å². The van der Waals surface area contributed by atoms with Crippen LogP contribution in [0, 0.1) is 0 Å². The van der Waals surface area contributed by atoms with Gasteiger partial charge in [0.1, 0.15) is 5.69 Å². The second-order valence-corrected chi connectivity index (χ2v) is 7.77. The van der Waals surface area contributed by atoms with Crippen molar-refractivity contribution in [1.29, 1.82) is 0 Å². The lowest BCUT2D eigenvalue weighted by atomic mass is 10.1. The summed E-state index contributed by atoms with van der Waals surface area (Å²) in [6.07, 6.45) is -4.38. The maximum atomic E-state index is 12.8. The van der Waals surface area contributed by atoms with Crippen molar-refractivity contribution in [3.8, 4) is 0 Å². The first-order chi connectivity index (χ1) is 15.2. The summed E-state index contributed by atoms with van der Waals surface area (Å²) in [6, 6.07) is 19.2. The molecule has 0 unspecified atom stereocenters. The Bertz CT molecular complexity index is 1280. The Morgan fingerprint density at radius 1 is 0.969 bits per heavy atom. The number of aromatic nitrogens is 1. The molecule has 0 amide bonds. The highest BCUT2D eigenvalue weighted by molar-refractivity contribution is 6.30. The normalized spacial score (nSPS) is 11.6. The van der Waals surface area contributed by atoms with Crippen LogP contribution < -0.4 is 5.32 Å². The monoisotopic (exact) mass is 458 g/mol. The van der Waals surface area contributed by atoms with Crippen LogP contribution in [0.1, 0.15) is 27.2 Å². The van der Waals surface area contributed by atoms with Gasteiger partial charge in [-0.2, -0.15) is 13.2 Å². The van der Waals surface area contributed by atoms with Crippen molar-refractivity contribution < 1.29 is 23.1 Å². The first-order valence-corrected chi connectivity index (χ1v) is 10.1. The van der Waals surface area contributed by atoms with E-state index in [9.17, 15) is 23.1 Å². The average molecular weight is 459 g/mol. The van der Waals surface area contributed by atoms with E-state index in [1.165, 1.54) is 12.1 Å². The second-order valence-electron chi connectivity index (χ2n) is 7.34. The van der Waals surface area contributed by atoms with Gasteiger partial charge < -0.3 is 15.0 Å². The van der Waals surface area contributed by atoms with Crippen LogP contribution in [0.3, 0.4) is 0 Å². The van der Waals surface area contributed by atoms with E-state index in [0.29, 0.717) is 34.7 Å². The van der Waals surface area contributed by atoms with Crippen LogP contribution in [0.4, 0.5) is 18.9 Å². The molecule has 0 radical (unpaired) electrons. The van der Waals surface area contributed by atoms with Crippen LogP contribution >= 0.6 is 11.6 Å². The molecule has 0 saturated carbocycles. The molecule has 164 valence electrons. The molecule has 0 aliphatic heterocycles. The Morgan fingerprint density at radius 3 is 2.34 bits per heavy atom. The van der Waals surface area contributed by atoms with Gasteiger partial charge in [-0.05, 0) is 53.6 Å². The number of hydrogen-bond acceptors (Lipinski definition) is 2. The van der Waals surface area contributed by atoms with E-state index >= 15 is 0 Å². The standard InChI is InChI=1S/C24H18ClF3N2O2/c25-18-4-1-3-16(11-18)14-30-21-6-2-5-20(19(21)12-22(30)23(31)32)29-13-15-7-9-17(10-8-15)24(26,27)28/h1-12,29H,13-14H2,(H,31,32). The van der Waals surface area contributed by atoms with Gasteiger partial charge in [-0.25, -0.2) is 4.79 Å². The van der Waals surface area contributed by atoms with E-state index in [-0.39, 0.29) is 5.69 Å². The number of anilines is 1. The molecule has 2 N–H and O–H groups in total. The maximum absolute atomic E-state index is 12.8. The largest absolute Gasteiger partial charge is 0.477 e. The Hall–Kier alpha value is -3.45. The topological polar surface area (TPSA) is 54.3 Å². The van der Waals surface area contributed by atoms with Crippen molar-refractivity contribution in [3.63, 3.8) is 0 Å². The fourth-order valence-corrected chi connectivity index (χ4v) is 3.83. The number of carboxylic acid groups (broad SMARTS) is 1. The van der Waals surface area contributed by atoms with Crippen molar-refractivity contribution in [2.24, 2.45) is 0 Å². The Morgan fingerprint density at radius 2 is 1.69 bits per heavy atom. The molecule has 0 atom stereocenters. The summed E-state index contributed by atoms with van der Waals surface area (Å²) < 4.78 is 40.0. The van der Waals surface area contributed by atoms with Crippen LogP contribution in [0.2, 0.25) is 5.02 Å². The molecule has 0 saturated heterocycles. The SMILES string of the molecule is O=C(O)c1cc2c(NCc3ccc(C(F)(F)F)cc3)cccc2n1Cc1cccc(Cl)c1. The van der Waals surface area contributed by atoms with E-state index in [1.807, 2.05) is 18.2 Å². The van der Waals surface area contributed by atoms with Gasteiger partial charge in [-0.3, -0.25) is 0 Å². The number of benzene rings is 3. The van der Waals surface area contributed by atoms with Crippen molar-refractivity contribution in [2.75, 3.05) is 5.32 Å². The molecule has 0 aliphatic carbocycles. The van der Waals surface area contributed by atoms with Crippen molar-refractivity contribution in [3.05, 3.63) is 100 Å². The number of alkyl halides is 3. The number of hydrogen-bond donors (Lipinski definition) is 2. The zero-order chi connectivity index (χ0) is 22.9. The predicted molar refractivity (Wildman–Crippen MR) is 118 cm³/mol. The minimum Gasteiger partial charge on any atom is -0.477 e. The summed E-state index contributed by atoms with van der Waals surface area (Å²) in [5.41, 5.74) is 2.37. The number of fused-ring (bicyclic) bond motifs is 1. The molecule has 4 rings (SSSR count). The highest BCUT2D eigenvalue weighted by Crippen LogP contribution is 2.31. The fourth-order valence-electron chi connectivity index (χ4n) is 3.61. The molecule has 3 aromatic carbocycles. The van der Waals surface area contributed by atoms with E-state index < -0.39 is 17.7 Å². The third-order valence-electron chi connectivity index (χ3n) is 5.16. The van der Waals surface area contributed by atoms with E-state index in [4.69, 9.17) is 11.6 Å². The molecule has 32 heavy (non-hydrogen) atoms. The zero-order valence-corrected chi connectivity index (χ0v) is 17.4. The Kier molecular flexibility index (Phi) is 5.84. The van der Waals surface area contributed by atoms with Gasteiger partial charge in [-0.1, -0.05) is 41.9 Å². The van der Waals surface area contributed by atoms with Gasteiger partial charge in [0.05, 0.1) is 11.1 Å². The molecule has 0 aliphatic rings. The number of aromatic carboxylic acids is 1. The van der Waals surface area contributed by atoms with Crippen molar-refractivity contribution in [2.45, 2.75) is 19.3 Å².